The van der Waals surface area contributed by atoms with Gasteiger partial charge < -0.3 is 9.88 Å². The monoisotopic (exact) mass is 270 g/mol. The summed E-state index contributed by atoms with van der Waals surface area (Å²) in [7, 11) is 0. The highest BCUT2D eigenvalue weighted by atomic mass is 32.1. The second kappa shape index (κ2) is 4.53. The van der Waals surface area contributed by atoms with E-state index in [0.29, 0.717) is 6.42 Å². The zero-order chi connectivity index (χ0) is 12.6. The van der Waals surface area contributed by atoms with Crippen LogP contribution in [0, 0.1) is 10.9 Å². The average Bonchev–Trinajstić information content (AvgIpc) is 2.69. The Balaban J connectivity index is 2.12. The highest BCUT2D eigenvalue weighted by Gasteiger charge is 2.35. The van der Waals surface area contributed by atoms with Crippen molar-refractivity contribution < 1.29 is 4.79 Å². The van der Waals surface area contributed by atoms with Gasteiger partial charge in [-0.3, -0.25) is 4.79 Å². The minimum atomic E-state index is 0.0166. The van der Waals surface area contributed by atoms with E-state index in [2.05, 4.69) is 18.8 Å². The zero-order valence-electron chi connectivity index (χ0n) is 10.5. The van der Waals surface area contributed by atoms with E-state index in [-0.39, 0.29) is 11.4 Å². The Morgan fingerprint density at radius 2 is 2.29 bits per heavy atom. The maximum absolute atomic E-state index is 12.3. The van der Waals surface area contributed by atoms with Gasteiger partial charge in [0, 0.05) is 22.7 Å². The number of hydrogen-bond acceptors (Lipinski definition) is 3. The van der Waals surface area contributed by atoms with Crippen LogP contribution >= 0.6 is 23.6 Å². The molecule has 0 saturated carbocycles. The quantitative estimate of drug-likeness (QED) is 0.838. The number of thiazole rings is 1. The summed E-state index contributed by atoms with van der Waals surface area (Å²) in [6, 6.07) is 0. The largest absolute Gasteiger partial charge is 0.341 e. The Hall–Kier alpha value is -0.680. The fraction of sp³-hybridized carbons (Fsp3) is 0.667. The number of carbonyl (C=O) groups is 1. The number of nitrogens with one attached hydrogen (secondary N) is 1. The molecule has 94 valence electrons. The second-order valence-electron chi connectivity index (χ2n) is 5.20. The SMILES string of the molecule is Cc1[nH]c(=S)sc1CC(=O)N1CCCC1(C)C. The predicted octanol–water partition coefficient (Wildman–Crippen LogP) is 3.06. The molecule has 2 heterocycles. The Kier molecular flexibility index (Phi) is 3.41. The van der Waals surface area contributed by atoms with Gasteiger partial charge in [-0.2, -0.15) is 0 Å². The van der Waals surface area contributed by atoms with Crippen LogP contribution in [0.3, 0.4) is 0 Å². The van der Waals surface area contributed by atoms with Crippen molar-refractivity contribution in [3.8, 4) is 0 Å². The summed E-state index contributed by atoms with van der Waals surface area (Å²) < 4.78 is 0.756. The molecule has 17 heavy (non-hydrogen) atoms. The molecule has 0 radical (unpaired) electrons. The smallest absolute Gasteiger partial charge is 0.228 e. The molecule has 1 fully saturated rings. The second-order valence-corrected chi connectivity index (χ2v) is 6.97. The van der Waals surface area contributed by atoms with E-state index in [1.54, 1.807) is 0 Å². The molecule has 0 aromatic carbocycles. The van der Waals surface area contributed by atoms with Gasteiger partial charge in [-0.15, -0.1) is 11.3 Å². The summed E-state index contributed by atoms with van der Waals surface area (Å²) >= 11 is 6.60. The Morgan fingerprint density at radius 1 is 1.59 bits per heavy atom. The number of aryl methyl sites for hydroxylation is 1. The number of carbonyl (C=O) groups excluding carboxylic acids is 1. The highest BCUT2D eigenvalue weighted by Crippen LogP contribution is 2.29. The van der Waals surface area contributed by atoms with E-state index in [4.69, 9.17) is 12.2 Å². The van der Waals surface area contributed by atoms with Crippen molar-refractivity contribution in [3.63, 3.8) is 0 Å². The van der Waals surface area contributed by atoms with Gasteiger partial charge in [0.05, 0.1) is 6.42 Å². The van der Waals surface area contributed by atoms with Crippen LogP contribution in [0.4, 0.5) is 0 Å². The van der Waals surface area contributed by atoms with Crippen LogP contribution < -0.4 is 0 Å². The molecular formula is C12H18N2OS2. The molecule has 0 aliphatic carbocycles. The number of likely N-dealkylation sites (tertiary alicyclic amines) is 1. The number of H-pyrrole nitrogens is 1. The molecule has 1 N–H and O–H groups in total. The first-order chi connectivity index (χ1) is 7.90. The summed E-state index contributed by atoms with van der Waals surface area (Å²) in [4.78, 5) is 18.4. The van der Waals surface area contributed by atoms with Gasteiger partial charge in [-0.1, -0.05) is 0 Å². The van der Waals surface area contributed by atoms with Gasteiger partial charge in [0.1, 0.15) is 0 Å². The Bertz CT molecular complexity index is 487. The van der Waals surface area contributed by atoms with Gasteiger partial charge in [0.25, 0.3) is 0 Å². The fourth-order valence-electron chi connectivity index (χ4n) is 2.41. The van der Waals surface area contributed by atoms with Crippen LogP contribution in [0.2, 0.25) is 0 Å². The van der Waals surface area contributed by atoms with Crippen LogP contribution in [-0.2, 0) is 11.2 Å². The average molecular weight is 270 g/mol. The Morgan fingerprint density at radius 3 is 2.76 bits per heavy atom. The highest BCUT2D eigenvalue weighted by molar-refractivity contribution is 7.73. The van der Waals surface area contributed by atoms with E-state index in [1.807, 2.05) is 11.8 Å². The van der Waals surface area contributed by atoms with Gasteiger partial charge in [-0.25, -0.2) is 0 Å². The summed E-state index contributed by atoms with van der Waals surface area (Å²) in [6.45, 7) is 7.15. The molecule has 0 spiro atoms. The van der Waals surface area contributed by atoms with E-state index in [0.717, 1.165) is 33.9 Å². The molecule has 5 heteroatoms. The van der Waals surface area contributed by atoms with Crippen LogP contribution in [-0.4, -0.2) is 27.9 Å². The van der Waals surface area contributed by atoms with Crippen molar-refractivity contribution >= 4 is 29.5 Å². The summed E-state index contributed by atoms with van der Waals surface area (Å²) in [6.07, 6.45) is 2.69. The number of amides is 1. The number of hydrogen-bond donors (Lipinski definition) is 1. The molecule has 0 atom stereocenters. The van der Waals surface area contributed by atoms with Crippen LogP contribution in [0.1, 0.15) is 37.3 Å². The molecule has 2 rings (SSSR count). The molecule has 1 aromatic rings. The van der Waals surface area contributed by atoms with Gasteiger partial charge in [-0.05, 0) is 45.8 Å². The summed E-state index contributed by atoms with van der Waals surface area (Å²) in [5, 5.41) is 0. The topological polar surface area (TPSA) is 36.1 Å². The lowest BCUT2D eigenvalue weighted by Gasteiger charge is -2.31. The van der Waals surface area contributed by atoms with E-state index >= 15 is 0 Å². The van der Waals surface area contributed by atoms with Gasteiger partial charge in [0.15, 0.2) is 3.95 Å². The maximum atomic E-state index is 12.3. The summed E-state index contributed by atoms with van der Waals surface area (Å²) in [5.41, 5.74) is 1.05. The lowest BCUT2D eigenvalue weighted by Crippen LogP contribution is -2.43. The standard InChI is InChI=1S/C12H18N2OS2/c1-8-9(17-11(16)13-8)7-10(15)14-6-4-5-12(14,2)3/h4-7H2,1-3H3,(H,13,16). The van der Waals surface area contributed by atoms with Crippen molar-refractivity contribution in [3.05, 3.63) is 14.5 Å². The Labute approximate surface area is 111 Å². The molecule has 3 nitrogen and oxygen atoms in total. The molecule has 1 amide bonds. The van der Waals surface area contributed by atoms with Crippen LogP contribution in [0.25, 0.3) is 0 Å². The molecule has 1 aliphatic rings. The van der Waals surface area contributed by atoms with Crippen LogP contribution in [0.5, 0.6) is 0 Å². The maximum Gasteiger partial charge on any atom is 0.228 e. The number of rotatable bonds is 2. The first-order valence-corrected chi connectivity index (χ1v) is 7.12. The number of aromatic nitrogens is 1. The third-order valence-corrected chi connectivity index (χ3v) is 4.77. The molecular weight excluding hydrogens is 252 g/mol. The van der Waals surface area contributed by atoms with E-state index < -0.39 is 0 Å². The fourth-order valence-corrected chi connectivity index (χ4v) is 3.69. The zero-order valence-corrected chi connectivity index (χ0v) is 12.1. The minimum Gasteiger partial charge on any atom is -0.341 e. The first-order valence-electron chi connectivity index (χ1n) is 5.89. The number of nitrogens with zero attached hydrogens (tertiary/aromatic N) is 1. The van der Waals surface area contributed by atoms with E-state index in [9.17, 15) is 4.79 Å². The van der Waals surface area contributed by atoms with Gasteiger partial charge in [0.2, 0.25) is 5.91 Å². The number of aromatic amines is 1. The lowest BCUT2D eigenvalue weighted by atomic mass is 10.0. The molecule has 1 aromatic heterocycles. The van der Waals surface area contributed by atoms with Crippen molar-refractivity contribution in [2.24, 2.45) is 0 Å². The third kappa shape index (κ3) is 2.60. The summed E-state index contributed by atoms with van der Waals surface area (Å²) in [5.74, 6) is 0.223. The third-order valence-electron chi connectivity index (χ3n) is 3.44. The lowest BCUT2D eigenvalue weighted by molar-refractivity contribution is -0.133. The van der Waals surface area contributed by atoms with Crippen LogP contribution in [0.15, 0.2) is 0 Å². The van der Waals surface area contributed by atoms with Crippen molar-refractivity contribution in [1.82, 2.24) is 9.88 Å². The molecule has 1 saturated heterocycles. The molecule has 1 aliphatic heterocycles. The van der Waals surface area contributed by atoms with Crippen molar-refractivity contribution in [2.75, 3.05) is 6.54 Å². The van der Waals surface area contributed by atoms with Crippen molar-refractivity contribution in [2.45, 2.75) is 45.6 Å². The minimum absolute atomic E-state index is 0.0166. The van der Waals surface area contributed by atoms with Gasteiger partial charge >= 0.3 is 0 Å². The normalized spacial score (nSPS) is 18.6. The predicted molar refractivity (Wildman–Crippen MR) is 73.0 cm³/mol. The van der Waals surface area contributed by atoms with E-state index in [1.165, 1.54) is 11.3 Å². The first kappa shape index (κ1) is 12.8. The molecule has 0 bridgehead atoms. The molecule has 0 unspecified atom stereocenters. The van der Waals surface area contributed by atoms with Crippen molar-refractivity contribution in [1.29, 1.82) is 0 Å².